The van der Waals surface area contributed by atoms with Crippen LogP contribution in [-0.4, -0.2) is 34.8 Å². The largest absolute Gasteiger partial charge is 0.477 e. The number of carboxylic acids is 1. The maximum Gasteiger partial charge on any atom is 0.341 e. The molecule has 3 atom stereocenters. The van der Waals surface area contributed by atoms with Gasteiger partial charge in [0, 0.05) is 31.4 Å². The van der Waals surface area contributed by atoms with Crippen molar-refractivity contribution >= 4 is 22.6 Å². The summed E-state index contributed by atoms with van der Waals surface area (Å²) < 4.78 is 32.2. The molecule has 1 aromatic carbocycles. The molecule has 2 aromatic rings. The van der Waals surface area contributed by atoms with Crippen LogP contribution in [-0.2, 0) is 0 Å². The second-order valence-corrected chi connectivity index (χ2v) is 8.30. The third-order valence-corrected chi connectivity index (χ3v) is 6.45. The number of carboxylic acid groups (broad SMARTS) is 1. The number of carbonyl (C=O) groups is 1. The summed E-state index contributed by atoms with van der Waals surface area (Å²) in [6.45, 7) is 0.930. The summed E-state index contributed by atoms with van der Waals surface area (Å²) in [6.07, 6.45) is 7.49. The SMILES string of the molecule is N[C@@H]1C=CC[C@@H]2CN(c3c(F)cc4c(=O)c(C(=O)O)cn(C5CC5)c4c3F)C[C@@H]21. The van der Waals surface area contributed by atoms with Gasteiger partial charge in [0.25, 0.3) is 0 Å². The summed E-state index contributed by atoms with van der Waals surface area (Å²) in [5.74, 6) is -2.71. The lowest BCUT2D eigenvalue weighted by molar-refractivity contribution is 0.0695. The highest BCUT2D eigenvalue weighted by molar-refractivity contribution is 5.94. The molecule has 0 amide bonds. The number of fused-ring (bicyclic) bond motifs is 2. The standard InChI is InChI=1S/C21H21F2N3O3/c22-15-6-12-18(26(11-4-5-11)9-14(20(12)27)21(28)29)17(23)19(15)25-7-10-2-1-3-16(24)13(10)8-25/h1,3,6,9-11,13,16H,2,4-5,7-8,24H2,(H,28,29)/t10-,13+,16-/m1/s1. The van der Waals surface area contributed by atoms with Crippen LogP contribution in [0.2, 0.25) is 0 Å². The van der Waals surface area contributed by atoms with Crippen LogP contribution in [0, 0.1) is 23.5 Å². The Labute approximate surface area is 165 Å². The number of rotatable bonds is 3. The molecule has 0 unspecified atom stereocenters. The number of anilines is 1. The Bertz CT molecular complexity index is 1120. The minimum absolute atomic E-state index is 0.0174. The summed E-state index contributed by atoms with van der Waals surface area (Å²) >= 11 is 0. The van der Waals surface area contributed by atoms with Gasteiger partial charge in [0.15, 0.2) is 5.82 Å². The number of aromatic carboxylic acids is 1. The van der Waals surface area contributed by atoms with Gasteiger partial charge in [-0.15, -0.1) is 0 Å². The van der Waals surface area contributed by atoms with Gasteiger partial charge in [-0.25, -0.2) is 13.6 Å². The minimum Gasteiger partial charge on any atom is -0.477 e. The van der Waals surface area contributed by atoms with Crippen LogP contribution >= 0.6 is 0 Å². The zero-order valence-electron chi connectivity index (χ0n) is 15.6. The number of nitrogens with zero attached hydrogens (tertiary/aromatic N) is 2. The number of hydrogen-bond acceptors (Lipinski definition) is 4. The quantitative estimate of drug-likeness (QED) is 0.772. The van der Waals surface area contributed by atoms with Gasteiger partial charge >= 0.3 is 5.97 Å². The van der Waals surface area contributed by atoms with Crippen LogP contribution in [0.25, 0.3) is 10.9 Å². The number of nitrogens with two attached hydrogens (primary N) is 1. The van der Waals surface area contributed by atoms with Crippen molar-refractivity contribution in [1.82, 2.24) is 4.57 Å². The summed E-state index contributed by atoms with van der Waals surface area (Å²) in [4.78, 5) is 25.7. The molecule has 1 aromatic heterocycles. The molecule has 0 radical (unpaired) electrons. The van der Waals surface area contributed by atoms with Crippen molar-refractivity contribution in [3.05, 3.63) is 51.8 Å². The molecule has 8 heteroatoms. The predicted molar refractivity (Wildman–Crippen MR) is 104 cm³/mol. The van der Waals surface area contributed by atoms with Crippen molar-refractivity contribution in [2.24, 2.45) is 17.6 Å². The minimum atomic E-state index is -1.40. The predicted octanol–water partition coefficient (Wildman–Crippen LogP) is 2.65. The van der Waals surface area contributed by atoms with Crippen LogP contribution in [0.4, 0.5) is 14.5 Å². The monoisotopic (exact) mass is 401 g/mol. The highest BCUT2D eigenvalue weighted by atomic mass is 19.1. The zero-order chi connectivity index (χ0) is 20.4. The van der Waals surface area contributed by atoms with Gasteiger partial charge in [-0.3, -0.25) is 4.79 Å². The molecule has 1 saturated heterocycles. The Balaban J connectivity index is 1.69. The first-order valence-corrected chi connectivity index (χ1v) is 9.84. The van der Waals surface area contributed by atoms with E-state index in [1.54, 1.807) is 4.90 Å². The van der Waals surface area contributed by atoms with E-state index in [0.29, 0.717) is 13.1 Å². The van der Waals surface area contributed by atoms with E-state index in [9.17, 15) is 14.7 Å². The summed E-state index contributed by atoms with van der Waals surface area (Å²) in [7, 11) is 0. The molecule has 2 heterocycles. The average Bonchev–Trinajstić information content (AvgIpc) is 3.42. The van der Waals surface area contributed by atoms with Gasteiger partial charge in [-0.1, -0.05) is 12.2 Å². The first kappa shape index (κ1) is 18.3. The Morgan fingerprint density at radius 2 is 2.00 bits per heavy atom. The fourth-order valence-electron chi connectivity index (χ4n) is 4.83. The van der Waals surface area contributed by atoms with Gasteiger partial charge < -0.3 is 20.3 Å². The number of hydrogen-bond donors (Lipinski definition) is 2. The maximum atomic E-state index is 15.7. The molecule has 0 spiro atoms. The van der Waals surface area contributed by atoms with E-state index in [1.807, 2.05) is 12.2 Å². The molecule has 3 aliphatic rings. The highest BCUT2D eigenvalue weighted by Gasteiger charge is 2.39. The smallest absolute Gasteiger partial charge is 0.341 e. The molecular formula is C21H21F2N3O3. The van der Waals surface area contributed by atoms with E-state index in [2.05, 4.69) is 0 Å². The number of benzene rings is 1. The first-order valence-electron chi connectivity index (χ1n) is 9.84. The lowest BCUT2D eigenvalue weighted by atomic mass is 9.83. The Kier molecular flexibility index (Phi) is 4.03. The molecule has 29 heavy (non-hydrogen) atoms. The Morgan fingerprint density at radius 3 is 2.66 bits per heavy atom. The van der Waals surface area contributed by atoms with E-state index in [-0.39, 0.29) is 40.5 Å². The molecule has 1 saturated carbocycles. The van der Waals surface area contributed by atoms with E-state index in [1.165, 1.54) is 10.8 Å². The molecule has 0 bridgehead atoms. The topological polar surface area (TPSA) is 88.6 Å². The fraction of sp³-hybridized carbons (Fsp3) is 0.429. The van der Waals surface area contributed by atoms with Crippen LogP contribution < -0.4 is 16.1 Å². The van der Waals surface area contributed by atoms with Crippen molar-refractivity contribution in [3.8, 4) is 0 Å². The first-order chi connectivity index (χ1) is 13.9. The maximum absolute atomic E-state index is 15.7. The normalized spacial score (nSPS) is 26.2. The van der Waals surface area contributed by atoms with Crippen molar-refractivity contribution < 1.29 is 18.7 Å². The molecule has 6 nitrogen and oxygen atoms in total. The second kappa shape index (κ2) is 6.38. The number of aromatic nitrogens is 1. The summed E-state index contributed by atoms with van der Waals surface area (Å²) in [5, 5.41) is 9.10. The Morgan fingerprint density at radius 1 is 1.24 bits per heavy atom. The van der Waals surface area contributed by atoms with Crippen molar-refractivity contribution in [1.29, 1.82) is 0 Å². The molecule has 3 N–H and O–H groups in total. The van der Waals surface area contributed by atoms with E-state index in [4.69, 9.17) is 5.73 Å². The molecule has 152 valence electrons. The lowest BCUT2D eigenvalue weighted by Gasteiger charge is -2.25. The van der Waals surface area contributed by atoms with Gasteiger partial charge in [0.2, 0.25) is 5.43 Å². The Hall–Kier alpha value is -2.74. The number of pyridine rings is 1. The summed E-state index contributed by atoms with van der Waals surface area (Å²) in [6, 6.07) is 0.762. The number of allylic oxidation sites excluding steroid dienone is 1. The van der Waals surface area contributed by atoms with E-state index < -0.39 is 28.6 Å². The molecule has 5 rings (SSSR count). The van der Waals surface area contributed by atoms with Crippen LogP contribution in [0.1, 0.15) is 35.7 Å². The fourth-order valence-corrected chi connectivity index (χ4v) is 4.83. The highest BCUT2D eigenvalue weighted by Crippen LogP contribution is 2.42. The van der Waals surface area contributed by atoms with Crippen LogP contribution in [0.5, 0.6) is 0 Å². The number of halogens is 2. The van der Waals surface area contributed by atoms with Gasteiger partial charge in [0.1, 0.15) is 17.1 Å². The van der Waals surface area contributed by atoms with Crippen LogP contribution in [0.3, 0.4) is 0 Å². The third kappa shape index (κ3) is 2.77. The van der Waals surface area contributed by atoms with Gasteiger partial charge in [0.05, 0.1) is 10.9 Å². The molecule has 2 fully saturated rings. The molecule has 2 aliphatic carbocycles. The van der Waals surface area contributed by atoms with E-state index >= 15 is 8.78 Å². The van der Waals surface area contributed by atoms with Crippen molar-refractivity contribution in [2.75, 3.05) is 18.0 Å². The average molecular weight is 401 g/mol. The second-order valence-electron chi connectivity index (χ2n) is 8.30. The van der Waals surface area contributed by atoms with E-state index in [0.717, 1.165) is 25.3 Å². The molecular weight excluding hydrogens is 380 g/mol. The zero-order valence-corrected chi connectivity index (χ0v) is 15.6. The summed E-state index contributed by atoms with van der Waals surface area (Å²) in [5.41, 5.74) is 4.65. The lowest BCUT2D eigenvalue weighted by Crippen LogP contribution is -2.35. The molecule has 1 aliphatic heterocycles. The third-order valence-electron chi connectivity index (χ3n) is 6.45. The van der Waals surface area contributed by atoms with Gasteiger partial charge in [-0.05, 0) is 37.2 Å². The van der Waals surface area contributed by atoms with Crippen LogP contribution in [0.15, 0.2) is 29.2 Å². The van der Waals surface area contributed by atoms with Crippen molar-refractivity contribution in [2.45, 2.75) is 31.3 Å². The van der Waals surface area contributed by atoms with Gasteiger partial charge in [-0.2, -0.15) is 0 Å². The van der Waals surface area contributed by atoms with Crippen molar-refractivity contribution in [3.63, 3.8) is 0 Å².